The Bertz CT molecular complexity index is 1040. The molecule has 0 unspecified atom stereocenters. The van der Waals surface area contributed by atoms with Gasteiger partial charge in [0.1, 0.15) is 22.9 Å². The first kappa shape index (κ1) is 16.8. The van der Waals surface area contributed by atoms with Crippen LogP contribution in [0.3, 0.4) is 0 Å². The van der Waals surface area contributed by atoms with Crippen molar-refractivity contribution in [2.45, 2.75) is 0 Å². The number of hydrogen-bond acceptors (Lipinski definition) is 4. The van der Waals surface area contributed by atoms with Crippen LogP contribution < -0.4 is 9.47 Å². The van der Waals surface area contributed by atoms with Crippen LogP contribution in [0.1, 0.15) is 0 Å². The summed E-state index contributed by atoms with van der Waals surface area (Å²) in [5.41, 5.74) is 4.97. The van der Waals surface area contributed by atoms with Crippen molar-refractivity contribution in [3.05, 3.63) is 79.0 Å². The molecule has 1 aromatic heterocycles. The van der Waals surface area contributed by atoms with Gasteiger partial charge < -0.3 is 9.47 Å². The van der Waals surface area contributed by atoms with Gasteiger partial charge in [-0.25, -0.2) is 4.68 Å². The summed E-state index contributed by atoms with van der Waals surface area (Å²) < 4.78 is 12.4. The lowest BCUT2D eigenvalue weighted by molar-refractivity contribution is 0.392. The third-order valence-corrected chi connectivity index (χ3v) is 4.41. The third-order valence-electron chi connectivity index (χ3n) is 4.41. The fourth-order valence-electron chi connectivity index (χ4n) is 2.95. The van der Waals surface area contributed by atoms with Gasteiger partial charge in [-0.1, -0.05) is 59.8 Å². The Morgan fingerprint density at radius 2 is 1.44 bits per heavy atom. The number of nitrogens with zero attached hydrogens (tertiary/aromatic N) is 3. The summed E-state index contributed by atoms with van der Waals surface area (Å²) in [5.74, 6) is 1.40. The van der Waals surface area contributed by atoms with Crippen LogP contribution in [0.4, 0.5) is 0 Å². The standard InChI is InChI=1S/C22H19N3O2/c1-26-19-12-13-21(22(14-19)27-2)25-15-20(23-24-25)18-10-8-17(9-11-18)16-6-4-3-5-7-16/h3-15H,1-2H3. The van der Waals surface area contributed by atoms with Gasteiger partial charge in [0.25, 0.3) is 0 Å². The van der Waals surface area contributed by atoms with Crippen molar-refractivity contribution in [2.75, 3.05) is 14.2 Å². The number of aromatic nitrogens is 3. The summed E-state index contributed by atoms with van der Waals surface area (Å²) in [6.07, 6.45) is 1.89. The highest BCUT2D eigenvalue weighted by molar-refractivity contribution is 5.68. The van der Waals surface area contributed by atoms with Crippen LogP contribution in [0.25, 0.3) is 28.1 Å². The maximum Gasteiger partial charge on any atom is 0.148 e. The van der Waals surface area contributed by atoms with E-state index in [1.807, 2.05) is 42.6 Å². The number of ether oxygens (including phenoxy) is 2. The molecular weight excluding hydrogens is 338 g/mol. The number of benzene rings is 3. The molecule has 0 saturated carbocycles. The quantitative estimate of drug-likeness (QED) is 0.523. The summed E-state index contributed by atoms with van der Waals surface area (Å²) in [6, 6.07) is 24.2. The fourth-order valence-corrected chi connectivity index (χ4v) is 2.95. The Hall–Kier alpha value is -3.60. The van der Waals surface area contributed by atoms with Crippen LogP contribution in [-0.2, 0) is 0 Å². The predicted molar refractivity (Wildman–Crippen MR) is 105 cm³/mol. The number of rotatable bonds is 5. The van der Waals surface area contributed by atoms with Crippen LogP contribution in [0.5, 0.6) is 11.5 Å². The summed E-state index contributed by atoms with van der Waals surface area (Å²) in [4.78, 5) is 0. The van der Waals surface area contributed by atoms with Crippen molar-refractivity contribution < 1.29 is 9.47 Å². The molecule has 0 amide bonds. The zero-order chi connectivity index (χ0) is 18.6. The zero-order valence-corrected chi connectivity index (χ0v) is 15.2. The second-order valence-electron chi connectivity index (χ2n) is 6.03. The van der Waals surface area contributed by atoms with Crippen LogP contribution >= 0.6 is 0 Å². The van der Waals surface area contributed by atoms with Gasteiger partial charge in [-0.3, -0.25) is 0 Å². The SMILES string of the molecule is COc1ccc(-n2cc(-c3ccc(-c4ccccc4)cc3)nn2)c(OC)c1. The van der Waals surface area contributed by atoms with Gasteiger partial charge in [-0.15, -0.1) is 5.10 Å². The normalized spacial score (nSPS) is 10.6. The Morgan fingerprint density at radius 3 is 2.15 bits per heavy atom. The Kier molecular flexibility index (Phi) is 4.58. The van der Waals surface area contributed by atoms with E-state index in [1.165, 1.54) is 11.1 Å². The van der Waals surface area contributed by atoms with E-state index in [2.05, 4.69) is 46.7 Å². The van der Waals surface area contributed by atoms with Crippen molar-refractivity contribution in [3.63, 3.8) is 0 Å². The van der Waals surface area contributed by atoms with E-state index >= 15 is 0 Å². The third kappa shape index (κ3) is 3.40. The molecule has 0 radical (unpaired) electrons. The van der Waals surface area contributed by atoms with Crippen LogP contribution in [0.2, 0.25) is 0 Å². The van der Waals surface area contributed by atoms with Crippen molar-refractivity contribution in [2.24, 2.45) is 0 Å². The van der Waals surface area contributed by atoms with E-state index < -0.39 is 0 Å². The first-order valence-electron chi connectivity index (χ1n) is 8.59. The molecule has 4 aromatic rings. The predicted octanol–water partition coefficient (Wildman–Crippen LogP) is 4.62. The molecule has 0 bridgehead atoms. The van der Waals surface area contributed by atoms with Crippen LogP contribution in [-0.4, -0.2) is 29.2 Å². The molecule has 0 aliphatic carbocycles. The number of methoxy groups -OCH3 is 2. The molecular formula is C22H19N3O2. The highest BCUT2D eigenvalue weighted by Crippen LogP contribution is 2.29. The van der Waals surface area contributed by atoms with Crippen molar-refractivity contribution in [1.82, 2.24) is 15.0 Å². The van der Waals surface area contributed by atoms with Crippen molar-refractivity contribution in [1.29, 1.82) is 0 Å². The molecule has 0 N–H and O–H groups in total. The van der Waals surface area contributed by atoms with Crippen LogP contribution in [0.15, 0.2) is 79.0 Å². The summed E-state index contributed by atoms with van der Waals surface area (Å²) >= 11 is 0. The molecule has 0 fully saturated rings. The molecule has 1 heterocycles. The molecule has 0 saturated heterocycles. The first-order valence-corrected chi connectivity index (χ1v) is 8.59. The lowest BCUT2D eigenvalue weighted by atomic mass is 10.0. The molecule has 0 aliphatic heterocycles. The molecule has 4 rings (SSSR count). The van der Waals surface area contributed by atoms with E-state index in [4.69, 9.17) is 9.47 Å². The van der Waals surface area contributed by atoms with Gasteiger partial charge in [-0.2, -0.15) is 0 Å². The Morgan fingerprint density at radius 1 is 0.741 bits per heavy atom. The molecule has 5 heteroatoms. The van der Waals surface area contributed by atoms with Crippen molar-refractivity contribution >= 4 is 0 Å². The smallest absolute Gasteiger partial charge is 0.148 e. The monoisotopic (exact) mass is 357 g/mol. The topological polar surface area (TPSA) is 49.2 Å². The average Bonchev–Trinajstić information content (AvgIpc) is 3.24. The lowest BCUT2D eigenvalue weighted by Gasteiger charge is -2.09. The second kappa shape index (κ2) is 7.33. The first-order chi connectivity index (χ1) is 13.3. The molecule has 134 valence electrons. The van der Waals surface area contributed by atoms with Crippen molar-refractivity contribution in [3.8, 4) is 39.6 Å². The van der Waals surface area contributed by atoms with E-state index in [0.717, 1.165) is 22.7 Å². The molecule has 0 spiro atoms. The fraction of sp³-hybridized carbons (Fsp3) is 0.0909. The lowest BCUT2D eigenvalue weighted by Crippen LogP contribution is -1.99. The zero-order valence-electron chi connectivity index (χ0n) is 15.2. The number of hydrogen-bond donors (Lipinski definition) is 0. The minimum Gasteiger partial charge on any atom is -0.497 e. The molecule has 5 nitrogen and oxygen atoms in total. The molecule has 3 aromatic carbocycles. The second-order valence-corrected chi connectivity index (χ2v) is 6.03. The highest BCUT2D eigenvalue weighted by atomic mass is 16.5. The van der Waals surface area contributed by atoms with E-state index in [1.54, 1.807) is 18.9 Å². The summed E-state index contributed by atoms with van der Waals surface area (Å²) in [6.45, 7) is 0. The largest absolute Gasteiger partial charge is 0.497 e. The summed E-state index contributed by atoms with van der Waals surface area (Å²) in [7, 11) is 3.25. The van der Waals surface area contributed by atoms with E-state index in [9.17, 15) is 0 Å². The van der Waals surface area contributed by atoms with Gasteiger partial charge in [-0.05, 0) is 23.3 Å². The maximum absolute atomic E-state index is 5.45. The Balaban J connectivity index is 1.63. The average molecular weight is 357 g/mol. The minimum atomic E-state index is 0.672. The molecule has 27 heavy (non-hydrogen) atoms. The molecule has 0 atom stereocenters. The minimum absolute atomic E-state index is 0.672. The van der Waals surface area contributed by atoms with Gasteiger partial charge in [0.15, 0.2) is 0 Å². The Labute approximate surface area is 157 Å². The van der Waals surface area contributed by atoms with Crippen LogP contribution in [0, 0.1) is 0 Å². The summed E-state index contributed by atoms with van der Waals surface area (Å²) in [5, 5.41) is 8.56. The van der Waals surface area contributed by atoms with Gasteiger partial charge >= 0.3 is 0 Å². The van der Waals surface area contributed by atoms with Gasteiger partial charge in [0.05, 0.1) is 20.4 Å². The maximum atomic E-state index is 5.45. The van der Waals surface area contributed by atoms with Gasteiger partial charge in [0, 0.05) is 11.6 Å². The van der Waals surface area contributed by atoms with Gasteiger partial charge in [0.2, 0.25) is 0 Å². The van der Waals surface area contributed by atoms with E-state index in [-0.39, 0.29) is 0 Å². The highest BCUT2D eigenvalue weighted by Gasteiger charge is 2.11. The molecule has 0 aliphatic rings. The van der Waals surface area contributed by atoms with E-state index in [0.29, 0.717) is 5.75 Å².